The molecule has 1 aliphatic rings. The quantitative estimate of drug-likeness (QED) is 0.911. The lowest BCUT2D eigenvalue weighted by molar-refractivity contribution is 0.242. The van der Waals surface area contributed by atoms with Gasteiger partial charge in [0, 0.05) is 5.02 Å². The predicted molar refractivity (Wildman–Crippen MR) is 69.7 cm³/mol. The van der Waals surface area contributed by atoms with Crippen molar-refractivity contribution in [3.8, 4) is 5.75 Å². The first kappa shape index (κ1) is 12.4. The Bertz CT molecular complexity index is 569. The van der Waals surface area contributed by atoms with Crippen LogP contribution in [0, 0.1) is 5.92 Å². The van der Waals surface area contributed by atoms with E-state index in [1.807, 2.05) is 12.1 Å². The van der Waals surface area contributed by atoms with Crippen LogP contribution in [0.4, 0.5) is 0 Å². The van der Waals surface area contributed by atoms with Crippen molar-refractivity contribution in [3.63, 3.8) is 0 Å². The minimum absolute atomic E-state index is 0.122. The molecule has 19 heavy (non-hydrogen) atoms. The van der Waals surface area contributed by atoms with Crippen LogP contribution >= 0.6 is 11.6 Å². The van der Waals surface area contributed by atoms with Crippen molar-refractivity contribution < 1.29 is 9.26 Å². The maximum absolute atomic E-state index is 6.00. The summed E-state index contributed by atoms with van der Waals surface area (Å²) in [5.74, 6) is 2.15. The summed E-state index contributed by atoms with van der Waals surface area (Å²) in [6.07, 6.45) is 2.29. The Kier molecular flexibility index (Phi) is 3.40. The minimum atomic E-state index is -0.122. The zero-order valence-electron chi connectivity index (χ0n) is 10.3. The molecule has 0 radical (unpaired) electrons. The van der Waals surface area contributed by atoms with Gasteiger partial charge in [0.2, 0.25) is 0 Å². The smallest absolute Gasteiger partial charge is 0.264 e. The highest BCUT2D eigenvalue weighted by molar-refractivity contribution is 6.30. The second-order valence-electron chi connectivity index (χ2n) is 4.66. The zero-order chi connectivity index (χ0) is 13.2. The Balaban J connectivity index is 1.61. The monoisotopic (exact) mass is 279 g/mol. The Morgan fingerprint density at radius 3 is 3.05 bits per heavy atom. The van der Waals surface area contributed by atoms with Crippen LogP contribution in [0.15, 0.2) is 28.8 Å². The van der Waals surface area contributed by atoms with Gasteiger partial charge >= 0.3 is 0 Å². The fraction of sp³-hybridized carbons (Fsp3) is 0.385. The number of halogens is 1. The highest BCUT2D eigenvalue weighted by Gasteiger charge is 2.32. The van der Waals surface area contributed by atoms with Crippen molar-refractivity contribution in [2.75, 3.05) is 0 Å². The first-order chi connectivity index (χ1) is 9.22. The van der Waals surface area contributed by atoms with Crippen LogP contribution in [0.1, 0.15) is 30.6 Å². The van der Waals surface area contributed by atoms with Crippen LogP contribution in [-0.4, -0.2) is 10.1 Å². The second kappa shape index (κ2) is 5.19. The largest absolute Gasteiger partial charge is 0.484 e. The van der Waals surface area contributed by atoms with Crippen LogP contribution in [-0.2, 0) is 6.61 Å². The van der Waals surface area contributed by atoms with Gasteiger partial charge in [0.1, 0.15) is 5.75 Å². The molecule has 0 spiro atoms. The number of nitrogens with zero attached hydrogens (tertiary/aromatic N) is 2. The molecule has 1 aromatic heterocycles. The third-order valence-electron chi connectivity index (χ3n) is 3.07. The Morgan fingerprint density at radius 2 is 2.32 bits per heavy atom. The molecule has 1 unspecified atom stereocenters. The number of benzene rings is 1. The van der Waals surface area contributed by atoms with Crippen LogP contribution in [0.25, 0.3) is 0 Å². The number of rotatable bonds is 5. The zero-order valence-corrected chi connectivity index (χ0v) is 11.0. The fourth-order valence-corrected chi connectivity index (χ4v) is 2.01. The van der Waals surface area contributed by atoms with E-state index >= 15 is 0 Å². The van der Waals surface area contributed by atoms with Crippen molar-refractivity contribution in [2.24, 2.45) is 11.7 Å². The third kappa shape index (κ3) is 3.05. The summed E-state index contributed by atoms with van der Waals surface area (Å²) in [5, 5.41) is 4.51. The summed E-state index contributed by atoms with van der Waals surface area (Å²) in [4.78, 5) is 4.25. The fourth-order valence-electron chi connectivity index (χ4n) is 1.83. The van der Waals surface area contributed by atoms with Crippen molar-refractivity contribution in [1.82, 2.24) is 10.1 Å². The van der Waals surface area contributed by atoms with Gasteiger partial charge in [0.25, 0.3) is 5.89 Å². The summed E-state index contributed by atoms with van der Waals surface area (Å²) in [5.41, 5.74) is 6.00. The van der Waals surface area contributed by atoms with Crippen LogP contribution in [0.5, 0.6) is 5.75 Å². The SMILES string of the molecule is NC(c1noc(COc2cccc(Cl)c2)n1)C1CC1. The number of nitrogens with two attached hydrogens (primary N) is 1. The molecule has 2 aromatic rings. The standard InChI is InChI=1S/C13H14ClN3O2/c14-9-2-1-3-10(6-9)18-7-11-16-13(17-19-11)12(15)8-4-5-8/h1-3,6,8,12H,4-5,7,15H2. The molecule has 1 fully saturated rings. The summed E-state index contributed by atoms with van der Waals surface area (Å²) in [6.45, 7) is 0.213. The maximum atomic E-state index is 6.00. The molecule has 3 rings (SSSR count). The maximum Gasteiger partial charge on any atom is 0.264 e. The molecule has 0 bridgehead atoms. The first-order valence-corrected chi connectivity index (χ1v) is 6.56. The van der Waals surface area contributed by atoms with Crippen molar-refractivity contribution in [3.05, 3.63) is 41.0 Å². The second-order valence-corrected chi connectivity index (χ2v) is 5.09. The van der Waals surface area contributed by atoms with E-state index in [0.717, 1.165) is 12.8 Å². The Morgan fingerprint density at radius 1 is 1.47 bits per heavy atom. The molecule has 0 amide bonds. The van der Waals surface area contributed by atoms with Gasteiger partial charge in [-0.2, -0.15) is 4.98 Å². The van der Waals surface area contributed by atoms with E-state index in [4.69, 9.17) is 26.6 Å². The van der Waals surface area contributed by atoms with Gasteiger partial charge in [0.05, 0.1) is 6.04 Å². The number of hydrogen-bond acceptors (Lipinski definition) is 5. The van der Waals surface area contributed by atoms with E-state index in [9.17, 15) is 0 Å². The van der Waals surface area contributed by atoms with Crippen molar-refractivity contribution in [2.45, 2.75) is 25.5 Å². The van der Waals surface area contributed by atoms with E-state index in [2.05, 4.69) is 10.1 Å². The predicted octanol–water partition coefficient (Wildman–Crippen LogP) is 2.71. The molecule has 1 aliphatic carbocycles. The Labute approximate surface area is 115 Å². The van der Waals surface area contributed by atoms with E-state index < -0.39 is 0 Å². The topological polar surface area (TPSA) is 74.2 Å². The molecule has 1 atom stereocenters. The van der Waals surface area contributed by atoms with Gasteiger partial charge < -0.3 is 15.0 Å². The first-order valence-electron chi connectivity index (χ1n) is 6.19. The normalized spacial score (nSPS) is 16.3. The number of hydrogen-bond donors (Lipinski definition) is 1. The lowest BCUT2D eigenvalue weighted by atomic mass is 10.2. The number of aromatic nitrogens is 2. The van der Waals surface area contributed by atoms with Crippen molar-refractivity contribution in [1.29, 1.82) is 0 Å². The molecule has 6 heteroatoms. The van der Waals surface area contributed by atoms with Gasteiger partial charge in [-0.25, -0.2) is 0 Å². The van der Waals surface area contributed by atoms with Crippen molar-refractivity contribution >= 4 is 11.6 Å². The highest BCUT2D eigenvalue weighted by atomic mass is 35.5. The van der Waals surface area contributed by atoms with E-state index in [1.165, 1.54) is 0 Å². The molecule has 0 saturated heterocycles. The van der Waals surface area contributed by atoms with Crippen LogP contribution in [0.2, 0.25) is 5.02 Å². The third-order valence-corrected chi connectivity index (χ3v) is 3.31. The van der Waals surface area contributed by atoms with Gasteiger partial charge in [-0.3, -0.25) is 0 Å². The van der Waals surface area contributed by atoms with Gasteiger partial charge in [-0.05, 0) is 37.0 Å². The summed E-state index contributed by atoms with van der Waals surface area (Å²) in [6, 6.07) is 7.03. The summed E-state index contributed by atoms with van der Waals surface area (Å²) >= 11 is 5.87. The molecular weight excluding hydrogens is 266 g/mol. The van der Waals surface area contributed by atoms with Gasteiger partial charge in [-0.15, -0.1) is 0 Å². The number of ether oxygens (including phenoxy) is 1. The highest BCUT2D eigenvalue weighted by Crippen LogP contribution is 2.38. The van der Waals surface area contributed by atoms with Crippen LogP contribution in [0.3, 0.4) is 0 Å². The lowest BCUT2D eigenvalue weighted by Gasteiger charge is -2.03. The molecule has 5 nitrogen and oxygen atoms in total. The molecule has 1 aromatic carbocycles. The molecular formula is C13H14ClN3O2. The minimum Gasteiger partial charge on any atom is -0.484 e. The molecule has 1 heterocycles. The lowest BCUT2D eigenvalue weighted by Crippen LogP contribution is -2.14. The molecule has 100 valence electrons. The molecule has 1 saturated carbocycles. The van der Waals surface area contributed by atoms with E-state index in [0.29, 0.717) is 28.4 Å². The summed E-state index contributed by atoms with van der Waals surface area (Å²) in [7, 11) is 0. The van der Waals surface area contributed by atoms with Gasteiger partial charge in [0.15, 0.2) is 12.4 Å². The average Bonchev–Trinajstić information content (AvgIpc) is 3.14. The Hall–Kier alpha value is -1.59. The molecule has 2 N–H and O–H groups in total. The van der Waals surface area contributed by atoms with Gasteiger partial charge in [-0.1, -0.05) is 22.8 Å². The van der Waals surface area contributed by atoms with Crippen LogP contribution < -0.4 is 10.5 Å². The molecule has 0 aliphatic heterocycles. The average molecular weight is 280 g/mol. The summed E-state index contributed by atoms with van der Waals surface area (Å²) < 4.78 is 10.6. The van der Waals surface area contributed by atoms with E-state index in [1.54, 1.807) is 12.1 Å². The van der Waals surface area contributed by atoms with E-state index in [-0.39, 0.29) is 12.6 Å².